The smallest absolute Gasteiger partial charge is 0.222 e. The van der Waals surface area contributed by atoms with E-state index in [1.54, 1.807) is 19.1 Å². The lowest BCUT2D eigenvalue weighted by Gasteiger charge is -2.20. The second kappa shape index (κ2) is 7.07. The first-order valence-corrected chi connectivity index (χ1v) is 5.28. The summed E-state index contributed by atoms with van der Waals surface area (Å²) in [5.74, 6) is 0.530. The molecule has 3 nitrogen and oxygen atoms in total. The predicted molar refractivity (Wildman–Crippen MR) is 58.6 cm³/mol. The number of hydrogen-bond donors (Lipinski definition) is 0. The van der Waals surface area contributed by atoms with E-state index in [4.69, 9.17) is 16.3 Å². The lowest BCUT2D eigenvalue weighted by molar-refractivity contribution is -0.130. The fraction of sp³-hybridized carbons (Fsp3) is 0.900. The molecule has 0 spiro atoms. The van der Waals surface area contributed by atoms with E-state index in [1.807, 2.05) is 13.8 Å². The average molecular weight is 222 g/mol. The van der Waals surface area contributed by atoms with Gasteiger partial charge in [-0.1, -0.05) is 13.8 Å². The molecule has 1 amide bonds. The van der Waals surface area contributed by atoms with Crippen LogP contribution in [-0.2, 0) is 9.53 Å². The van der Waals surface area contributed by atoms with Crippen molar-refractivity contribution in [1.82, 2.24) is 4.90 Å². The van der Waals surface area contributed by atoms with Gasteiger partial charge in [0, 0.05) is 27.1 Å². The maximum Gasteiger partial charge on any atom is 0.222 e. The molecule has 0 aromatic heterocycles. The Kier molecular flexibility index (Phi) is 6.93. The predicted octanol–water partition coefficient (Wildman–Crippen LogP) is 1.74. The molecule has 1 atom stereocenters. The van der Waals surface area contributed by atoms with Crippen molar-refractivity contribution < 1.29 is 9.53 Å². The highest BCUT2D eigenvalue weighted by Crippen LogP contribution is 2.05. The number of amides is 1. The van der Waals surface area contributed by atoms with Crippen LogP contribution in [-0.4, -0.2) is 43.5 Å². The first-order valence-electron chi connectivity index (χ1n) is 4.84. The summed E-state index contributed by atoms with van der Waals surface area (Å²) in [6.07, 6.45) is 0.576. The number of alkyl halides is 1. The third-order valence-corrected chi connectivity index (χ3v) is 2.09. The summed E-state index contributed by atoms with van der Waals surface area (Å²) >= 11 is 5.94. The number of methoxy groups -OCH3 is 1. The topological polar surface area (TPSA) is 29.5 Å². The van der Waals surface area contributed by atoms with Gasteiger partial charge in [-0.25, -0.2) is 0 Å². The zero-order valence-corrected chi connectivity index (χ0v) is 10.2. The average Bonchev–Trinajstić information content (AvgIpc) is 2.02. The van der Waals surface area contributed by atoms with E-state index in [2.05, 4.69) is 0 Å². The van der Waals surface area contributed by atoms with Gasteiger partial charge in [-0.15, -0.1) is 11.6 Å². The second-order valence-electron chi connectivity index (χ2n) is 3.92. The molecular formula is C10H20ClNO2. The SMILES string of the molecule is COCC(Cl)CN(C)C(=O)CC(C)C. The van der Waals surface area contributed by atoms with Gasteiger partial charge in [-0.2, -0.15) is 0 Å². The highest BCUT2D eigenvalue weighted by atomic mass is 35.5. The number of rotatable bonds is 6. The minimum absolute atomic E-state index is 0.124. The van der Waals surface area contributed by atoms with Crippen LogP contribution in [0.2, 0.25) is 0 Å². The number of hydrogen-bond acceptors (Lipinski definition) is 2. The first-order chi connectivity index (χ1) is 6.47. The molecule has 1 unspecified atom stereocenters. The summed E-state index contributed by atoms with van der Waals surface area (Å²) in [4.78, 5) is 13.2. The molecule has 0 radical (unpaired) electrons. The van der Waals surface area contributed by atoms with Gasteiger partial charge in [-0.3, -0.25) is 4.79 Å². The minimum Gasteiger partial charge on any atom is -0.383 e. The van der Waals surface area contributed by atoms with Crippen molar-refractivity contribution in [3.63, 3.8) is 0 Å². The van der Waals surface area contributed by atoms with Crippen LogP contribution in [0, 0.1) is 5.92 Å². The van der Waals surface area contributed by atoms with Crippen LogP contribution in [0.3, 0.4) is 0 Å². The third kappa shape index (κ3) is 6.22. The van der Waals surface area contributed by atoms with E-state index >= 15 is 0 Å². The lowest BCUT2D eigenvalue weighted by atomic mass is 10.1. The van der Waals surface area contributed by atoms with E-state index in [9.17, 15) is 4.79 Å². The third-order valence-electron chi connectivity index (χ3n) is 1.83. The van der Waals surface area contributed by atoms with E-state index in [1.165, 1.54) is 0 Å². The quantitative estimate of drug-likeness (QED) is 0.640. The van der Waals surface area contributed by atoms with Crippen molar-refractivity contribution >= 4 is 17.5 Å². The van der Waals surface area contributed by atoms with Crippen molar-refractivity contribution in [1.29, 1.82) is 0 Å². The number of carbonyl (C=O) groups is 1. The fourth-order valence-corrected chi connectivity index (χ4v) is 1.47. The zero-order valence-electron chi connectivity index (χ0n) is 9.42. The highest BCUT2D eigenvalue weighted by Gasteiger charge is 2.14. The Balaban J connectivity index is 3.82. The molecule has 0 aliphatic carbocycles. The van der Waals surface area contributed by atoms with Crippen LogP contribution >= 0.6 is 11.6 Å². The van der Waals surface area contributed by atoms with E-state index < -0.39 is 0 Å². The maximum atomic E-state index is 11.5. The van der Waals surface area contributed by atoms with Gasteiger partial charge in [0.25, 0.3) is 0 Å². The summed E-state index contributed by atoms with van der Waals surface area (Å²) in [6, 6.07) is 0. The van der Waals surface area contributed by atoms with E-state index in [-0.39, 0.29) is 11.3 Å². The highest BCUT2D eigenvalue weighted by molar-refractivity contribution is 6.21. The molecular weight excluding hydrogens is 202 g/mol. The van der Waals surface area contributed by atoms with Gasteiger partial charge in [0.05, 0.1) is 12.0 Å². The molecule has 0 aliphatic rings. The Hall–Kier alpha value is -0.280. The Morgan fingerprint density at radius 3 is 2.50 bits per heavy atom. The van der Waals surface area contributed by atoms with Crippen molar-refractivity contribution in [3.8, 4) is 0 Å². The van der Waals surface area contributed by atoms with Crippen LogP contribution < -0.4 is 0 Å². The van der Waals surface area contributed by atoms with Crippen LogP contribution in [0.15, 0.2) is 0 Å². The molecule has 0 saturated carbocycles. The lowest BCUT2D eigenvalue weighted by Crippen LogP contribution is -2.34. The van der Waals surface area contributed by atoms with Crippen LogP contribution in [0.4, 0.5) is 0 Å². The monoisotopic (exact) mass is 221 g/mol. The number of ether oxygens (including phenoxy) is 1. The summed E-state index contributed by atoms with van der Waals surface area (Å²) < 4.78 is 4.90. The molecule has 0 aromatic carbocycles. The van der Waals surface area contributed by atoms with Crippen molar-refractivity contribution in [3.05, 3.63) is 0 Å². The van der Waals surface area contributed by atoms with Crippen molar-refractivity contribution in [2.45, 2.75) is 25.6 Å². The van der Waals surface area contributed by atoms with Gasteiger partial charge in [0.2, 0.25) is 5.91 Å². The normalized spacial score (nSPS) is 13.0. The van der Waals surface area contributed by atoms with Crippen LogP contribution in [0.5, 0.6) is 0 Å². The number of halogens is 1. The Labute approximate surface area is 91.4 Å². The molecule has 0 bridgehead atoms. The van der Waals surface area contributed by atoms with Gasteiger partial charge in [0.1, 0.15) is 0 Å². The van der Waals surface area contributed by atoms with Crippen molar-refractivity contribution in [2.24, 2.45) is 5.92 Å². The zero-order chi connectivity index (χ0) is 11.1. The standard InChI is InChI=1S/C10H20ClNO2/c1-8(2)5-10(13)12(3)6-9(11)7-14-4/h8-9H,5-7H2,1-4H3. The molecule has 84 valence electrons. The van der Waals surface area contributed by atoms with Gasteiger partial charge >= 0.3 is 0 Å². The fourth-order valence-electron chi connectivity index (χ4n) is 1.14. The van der Waals surface area contributed by atoms with Gasteiger partial charge in [0.15, 0.2) is 0 Å². The van der Waals surface area contributed by atoms with Crippen LogP contribution in [0.25, 0.3) is 0 Å². The summed E-state index contributed by atoms with van der Waals surface area (Å²) in [7, 11) is 3.38. The molecule has 0 rings (SSSR count). The molecule has 4 heteroatoms. The first kappa shape index (κ1) is 13.7. The van der Waals surface area contributed by atoms with Gasteiger partial charge in [-0.05, 0) is 5.92 Å². The van der Waals surface area contributed by atoms with E-state index in [0.717, 1.165) is 0 Å². The Bertz CT molecular complexity index is 174. The minimum atomic E-state index is -0.124. The largest absolute Gasteiger partial charge is 0.383 e. The van der Waals surface area contributed by atoms with E-state index in [0.29, 0.717) is 25.5 Å². The summed E-state index contributed by atoms with van der Waals surface area (Å²) in [5.41, 5.74) is 0. The molecule has 14 heavy (non-hydrogen) atoms. The van der Waals surface area contributed by atoms with Crippen molar-refractivity contribution in [2.75, 3.05) is 27.3 Å². The Morgan fingerprint density at radius 1 is 1.50 bits per heavy atom. The van der Waals surface area contributed by atoms with Gasteiger partial charge < -0.3 is 9.64 Å². The maximum absolute atomic E-state index is 11.5. The molecule has 0 aromatic rings. The number of carbonyl (C=O) groups excluding carboxylic acids is 1. The second-order valence-corrected chi connectivity index (χ2v) is 4.54. The Morgan fingerprint density at radius 2 is 2.07 bits per heavy atom. The summed E-state index contributed by atoms with van der Waals surface area (Å²) in [6.45, 7) is 5.07. The summed E-state index contributed by atoms with van der Waals surface area (Å²) in [5, 5.41) is -0.124. The van der Waals surface area contributed by atoms with Crippen LogP contribution in [0.1, 0.15) is 20.3 Å². The molecule has 0 fully saturated rings. The molecule has 0 saturated heterocycles. The molecule has 0 N–H and O–H groups in total. The molecule has 0 aliphatic heterocycles. The molecule has 0 heterocycles. The number of nitrogens with zero attached hydrogens (tertiary/aromatic N) is 1.